The zero-order valence-electron chi connectivity index (χ0n) is 21.3. The summed E-state index contributed by atoms with van der Waals surface area (Å²) in [7, 11) is 4.01. The van der Waals surface area contributed by atoms with Crippen molar-refractivity contribution in [2.45, 2.75) is 25.9 Å². The van der Waals surface area contributed by atoms with E-state index in [9.17, 15) is 9.59 Å². The number of anilines is 2. The molecule has 8 nitrogen and oxygen atoms in total. The van der Waals surface area contributed by atoms with Crippen molar-refractivity contribution < 1.29 is 4.79 Å². The third-order valence-corrected chi connectivity index (χ3v) is 6.88. The van der Waals surface area contributed by atoms with E-state index >= 15 is 0 Å². The summed E-state index contributed by atoms with van der Waals surface area (Å²) in [6.45, 7) is 2.04. The number of nitrogens with zero attached hydrogens (tertiary/aromatic N) is 5. The van der Waals surface area contributed by atoms with Gasteiger partial charge in [0.05, 0.1) is 12.5 Å². The van der Waals surface area contributed by atoms with Gasteiger partial charge in [-0.05, 0) is 48.2 Å². The van der Waals surface area contributed by atoms with E-state index in [0.29, 0.717) is 43.2 Å². The van der Waals surface area contributed by atoms with Gasteiger partial charge < -0.3 is 15.1 Å². The van der Waals surface area contributed by atoms with Crippen LogP contribution in [0.4, 0.5) is 11.5 Å². The molecule has 3 heterocycles. The molecule has 37 heavy (non-hydrogen) atoms. The highest BCUT2D eigenvalue weighted by Crippen LogP contribution is 2.22. The van der Waals surface area contributed by atoms with Crippen LogP contribution in [0.5, 0.6) is 0 Å². The highest BCUT2D eigenvalue weighted by molar-refractivity contribution is 5.79. The van der Waals surface area contributed by atoms with Crippen LogP contribution in [0.2, 0.25) is 0 Å². The van der Waals surface area contributed by atoms with Gasteiger partial charge in [0.15, 0.2) is 11.5 Å². The predicted octanol–water partition coefficient (Wildman–Crippen LogP) is 3.44. The molecule has 1 amide bonds. The smallest absolute Gasteiger partial charge is 0.295 e. The van der Waals surface area contributed by atoms with E-state index in [1.54, 1.807) is 10.8 Å². The van der Waals surface area contributed by atoms with Gasteiger partial charge in [-0.15, -0.1) is 0 Å². The molecule has 1 N–H and O–H groups in total. The Morgan fingerprint density at radius 1 is 1.03 bits per heavy atom. The SMILES string of the molecule is CN(C)c1ccc(CNC(=O)[C@@H]2CCCN(c3nc4cccnc4n(Cc4ccccc4)c3=O)C2)cc1. The van der Waals surface area contributed by atoms with Gasteiger partial charge in [0.1, 0.15) is 5.52 Å². The van der Waals surface area contributed by atoms with E-state index in [-0.39, 0.29) is 17.4 Å². The summed E-state index contributed by atoms with van der Waals surface area (Å²) in [5, 5.41) is 3.08. The van der Waals surface area contributed by atoms with Crippen LogP contribution < -0.4 is 20.7 Å². The van der Waals surface area contributed by atoms with Crippen molar-refractivity contribution in [1.29, 1.82) is 0 Å². The maximum Gasteiger partial charge on any atom is 0.295 e. The third kappa shape index (κ3) is 5.48. The van der Waals surface area contributed by atoms with Crippen LogP contribution in [0.15, 0.2) is 77.7 Å². The fourth-order valence-corrected chi connectivity index (χ4v) is 4.81. The molecular weight excluding hydrogens is 464 g/mol. The van der Waals surface area contributed by atoms with E-state index in [1.165, 1.54) is 0 Å². The van der Waals surface area contributed by atoms with Gasteiger partial charge in [0.25, 0.3) is 5.56 Å². The molecule has 1 atom stereocenters. The van der Waals surface area contributed by atoms with Gasteiger partial charge in [-0.1, -0.05) is 42.5 Å². The first-order valence-corrected chi connectivity index (χ1v) is 12.7. The van der Waals surface area contributed by atoms with Crippen LogP contribution in [0.1, 0.15) is 24.0 Å². The lowest BCUT2D eigenvalue weighted by Gasteiger charge is -2.32. The number of carbonyl (C=O) groups is 1. The number of piperidine rings is 1. The van der Waals surface area contributed by atoms with E-state index in [2.05, 4.69) is 10.3 Å². The van der Waals surface area contributed by atoms with Crippen molar-refractivity contribution in [3.63, 3.8) is 0 Å². The van der Waals surface area contributed by atoms with Gasteiger partial charge in [-0.2, -0.15) is 0 Å². The average Bonchev–Trinajstić information content (AvgIpc) is 2.94. The summed E-state index contributed by atoms with van der Waals surface area (Å²) in [5.41, 5.74) is 4.24. The Morgan fingerprint density at radius 2 is 1.81 bits per heavy atom. The predicted molar refractivity (Wildman–Crippen MR) is 147 cm³/mol. The fraction of sp³-hybridized carbons (Fsp3) is 0.310. The second-order valence-corrected chi connectivity index (χ2v) is 9.72. The first-order valence-electron chi connectivity index (χ1n) is 12.7. The molecule has 0 unspecified atom stereocenters. The zero-order chi connectivity index (χ0) is 25.8. The summed E-state index contributed by atoms with van der Waals surface area (Å²) >= 11 is 0. The van der Waals surface area contributed by atoms with Crippen LogP contribution >= 0.6 is 0 Å². The van der Waals surface area contributed by atoms with Crippen molar-refractivity contribution in [1.82, 2.24) is 19.9 Å². The molecule has 0 aliphatic carbocycles. The standard InChI is InChI=1S/C29H32N6O2/c1-33(2)24-14-12-21(13-15-24)18-31-28(36)23-10-7-17-34(20-23)27-29(37)35(19-22-8-4-3-5-9-22)26-25(32-27)11-6-16-30-26/h3-6,8-9,11-16,23H,7,10,17-20H2,1-2H3,(H,31,36)/t23-/m1/s1. The molecule has 1 aliphatic heterocycles. The minimum atomic E-state index is -0.205. The van der Waals surface area contributed by atoms with E-state index in [4.69, 9.17) is 4.98 Å². The van der Waals surface area contributed by atoms with Crippen molar-refractivity contribution in [2.75, 3.05) is 37.0 Å². The lowest BCUT2D eigenvalue weighted by Crippen LogP contribution is -2.45. The highest BCUT2D eigenvalue weighted by Gasteiger charge is 2.28. The van der Waals surface area contributed by atoms with Gasteiger partial charge in [-0.3, -0.25) is 14.2 Å². The maximum atomic E-state index is 13.7. The number of nitrogens with one attached hydrogen (secondary N) is 1. The number of pyridine rings is 1. The number of amides is 1. The van der Waals surface area contributed by atoms with Crippen molar-refractivity contribution in [2.24, 2.45) is 5.92 Å². The first-order chi connectivity index (χ1) is 18.0. The minimum absolute atomic E-state index is 0.00783. The molecule has 0 bridgehead atoms. The van der Waals surface area contributed by atoms with Crippen LogP contribution in [0.3, 0.4) is 0 Å². The van der Waals surface area contributed by atoms with Gasteiger partial charge in [-0.25, -0.2) is 9.97 Å². The number of carbonyl (C=O) groups excluding carboxylic acids is 1. The number of rotatable bonds is 7. The average molecular weight is 497 g/mol. The van der Waals surface area contributed by atoms with E-state index in [1.807, 2.05) is 90.6 Å². The molecule has 1 aliphatic rings. The molecule has 2 aromatic heterocycles. The zero-order valence-corrected chi connectivity index (χ0v) is 21.3. The van der Waals surface area contributed by atoms with E-state index < -0.39 is 0 Å². The second-order valence-electron chi connectivity index (χ2n) is 9.72. The lowest BCUT2D eigenvalue weighted by molar-refractivity contribution is -0.125. The molecule has 8 heteroatoms. The summed E-state index contributed by atoms with van der Waals surface area (Å²) < 4.78 is 1.69. The molecular formula is C29H32N6O2. The Morgan fingerprint density at radius 3 is 2.57 bits per heavy atom. The Bertz CT molecular complexity index is 1430. The van der Waals surface area contributed by atoms with Crippen LogP contribution in [0.25, 0.3) is 11.2 Å². The summed E-state index contributed by atoms with van der Waals surface area (Å²) in [5.74, 6) is 0.185. The van der Waals surface area contributed by atoms with E-state index in [0.717, 1.165) is 29.7 Å². The molecule has 5 rings (SSSR count). The molecule has 1 saturated heterocycles. The van der Waals surface area contributed by atoms with Crippen molar-refractivity contribution >= 4 is 28.6 Å². The van der Waals surface area contributed by atoms with Crippen molar-refractivity contribution in [3.05, 3.63) is 94.4 Å². The number of hydrogen-bond donors (Lipinski definition) is 1. The topological polar surface area (TPSA) is 83.4 Å². The fourth-order valence-electron chi connectivity index (χ4n) is 4.81. The molecule has 4 aromatic rings. The molecule has 190 valence electrons. The highest BCUT2D eigenvalue weighted by atomic mass is 16.2. The van der Waals surface area contributed by atoms with Crippen LogP contribution in [0, 0.1) is 5.92 Å². The van der Waals surface area contributed by atoms with Crippen molar-refractivity contribution in [3.8, 4) is 0 Å². The lowest BCUT2D eigenvalue weighted by atomic mass is 9.97. The number of hydrogen-bond acceptors (Lipinski definition) is 6. The normalized spacial score (nSPS) is 15.5. The van der Waals surface area contributed by atoms with Gasteiger partial charge >= 0.3 is 0 Å². The molecule has 2 aromatic carbocycles. The quantitative estimate of drug-likeness (QED) is 0.422. The Kier molecular flexibility index (Phi) is 7.16. The largest absolute Gasteiger partial charge is 0.378 e. The number of aromatic nitrogens is 3. The Labute approximate surface area is 216 Å². The first kappa shape index (κ1) is 24.5. The minimum Gasteiger partial charge on any atom is -0.378 e. The summed E-state index contributed by atoms with van der Waals surface area (Å²) in [6.07, 6.45) is 3.29. The van der Waals surface area contributed by atoms with Crippen LogP contribution in [-0.2, 0) is 17.9 Å². The molecule has 1 fully saturated rings. The molecule has 0 spiro atoms. The molecule has 0 saturated carbocycles. The van der Waals surface area contributed by atoms with Crippen LogP contribution in [-0.4, -0.2) is 47.6 Å². The third-order valence-electron chi connectivity index (χ3n) is 6.88. The van der Waals surface area contributed by atoms with Gasteiger partial charge in [0.2, 0.25) is 5.91 Å². The maximum absolute atomic E-state index is 13.7. The number of fused-ring (bicyclic) bond motifs is 1. The molecule has 0 radical (unpaired) electrons. The second kappa shape index (κ2) is 10.8. The van der Waals surface area contributed by atoms with Gasteiger partial charge in [0, 0.05) is 45.6 Å². The Balaban J connectivity index is 1.34. The summed E-state index contributed by atoms with van der Waals surface area (Å²) in [6, 6.07) is 21.7. The summed E-state index contributed by atoms with van der Waals surface area (Å²) in [4.78, 5) is 39.9. The monoisotopic (exact) mass is 496 g/mol. The number of benzene rings is 2. The Hall–Kier alpha value is -4.20.